The van der Waals surface area contributed by atoms with Crippen LogP contribution >= 0.6 is 0 Å². The van der Waals surface area contributed by atoms with Gasteiger partial charge in [0.05, 0.1) is 4.92 Å². The Morgan fingerprint density at radius 2 is 1.62 bits per heavy atom. The van der Waals surface area contributed by atoms with Gasteiger partial charge in [-0.15, -0.1) is 0 Å². The van der Waals surface area contributed by atoms with Gasteiger partial charge >= 0.3 is 0 Å². The molecule has 0 spiro atoms. The van der Waals surface area contributed by atoms with Gasteiger partial charge in [0, 0.05) is 30.8 Å². The number of anilines is 1. The van der Waals surface area contributed by atoms with Crippen LogP contribution in [0.15, 0.2) is 59.6 Å². The van der Waals surface area contributed by atoms with Gasteiger partial charge in [-0.2, -0.15) is 0 Å². The Hall–Kier alpha value is -5.01. The SMILES string of the molecule is C[C@H](NC=O)C(=O)N[C@@H](Cc1ccccc1)C(=O)N[C@@H](CCCN=C(N)N)C(=O)Nc1ccc([N+](=O)[O-])cc1. The maximum Gasteiger partial charge on any atom is 0.269 e. The third kappa shape index (κ3) is 10.5. The lowest BCUT2D eigenvalue weighted by Gasteiger charge is -2.24. The lowest BCUT2D eigenvalue weighted by Crippen LogP contribution is -2.55. The fraction of sp³-hybridized carbons (Fsp3) is 0.320. The van der Waals surface area contributed by atoms with Crippen LogP contribution in [0.2, 0.25) is 0 Å². The number of nitrogens with one attached hydrogen (secondary N) is 4. The Balaban J connectivity index is 2.22. The van der Waals surface area contributed by atoms with E-state index in [-0.39, 0.29) is 36.7 Å². The molecule has 3 atom stereocenters. The van der Waals surface area contributed by atoms with E-state index >= 15 is 0 Å². The summed E-state index contributed by atoms with van der Waals surface area (Å²) in [5.41, 5.74) is 11.6. The number of guanidine groups is 1. The summed E-state index contributed by atoms with van der Waals surface area (Å²) >= 11 is 0. The van der Waals surface area contributed by atoms with Crippen molar-refractivity contribution in [2.75, 3.05) is 11.9 Å². The fourth-order valence-corrected chi connectivity index (χ4v) is 3.47. The highest BCUT2D eigenvalue weighted by Crippen LogP contribution is 2.16. The van der Waals surface area contributed by atoms with Gasteiger partial charge in [-0.25, -0.2) is 0 Å². The standard InChI is InChI=1S/C25H32N8O6/c1-16(29-15-34)22(35)32-21(14-17-6-3-2-4-7-17)24(37)31-20(8-5-13-28-25(26)27)23(36)30-18-9-11-19(12-10-18)33(38)39/h2-4,6-7,9-12,15-16,20-21H,5,8,13-14H2,1H3,(H,29,34)(H,30,36)(H,31,37)(H,32,35)(H4,26,27,28)/t16-,20-,21-/m0/s1. The minimum absolute atomic E-state index is 0.116. The van der Waals surface area contributed by atoms with Crippen LogP contribution in [0.5, 0.6) is 0 Å². The number of amides is 4. The van der Waals surface area contributed by atoms with E-state index in [2.05, 4.69) is 26.3 Å². The molecule has 2 aromatic rings. The second kappa shape index (κ2) is 15.3. The molecule has 0 unspecified atom stereocenters. The van der Waals surface area contributed by atoms with Crippen LogP contribution in [0.25, 0.3) is 0 Å². The van der Waals surface area contributed by atoms with Gasteiger partial charge in [0.2, 0.25) is 24.1 Å². The van der Waals surface area contributed by atoms with E-state index < -0.39 is 40.8 Å². The lowest BCUT2D eigenvalue weighted by molar-refractivity contribution is -0.384. The highest BCUT2D eigenvalue weighted by atomic mass is 16.6. The maximum absolute atomic E-state index is 13.4. The fourth-order valence-electron chi connectivity index (χ4n) is 3.47. The molecule has 0 aliphatic carbocycles. The average molecular weight is 541 g/mol. The number of non-ortho nitro benzene ring substituents is 1. The normalized spacial score (nSPS) is 12.6. The predicted molar refractivity (Wildman–Crippen MR) is 144 cm³/mol. The van der Waals surface area contributed by atoms with E-state index in [9.17, 15) is 29.3 Å². The highest BCUT2D eigenvalue weighted by Gasteiger charge is 2.28. The monoisotopic (exact) mass is 540 g/mol. The van der Waals surface area contributed by atoms with Crippen molar-refractivity contribution in [3.63, 3.8) is 0 Å². The van der Waals surface area contributed by atoms with Crippen LogP contribution in [-0.2, 0) is 25.6 Å². The summed E-state index contributed by atoms with van der Waals surface area (Å²) in [5.74, 6) is -1.91. The third-order valence-electron chi connectivity index (χ3n) is 5.55. The first-order valence-corrected chi connectivity index (χ1v) is 12.1. The zero-order valence-electron chi connectivity index (χ0n) is 21.3. The molecule has 2 aromatic carbocycles. The molecule has 8 N–H and O–H groups in total. The van der Waals surface area contributed by atoms with Gasteiger partial charge < -0.3 is 32.7 Å². The molecule has 2 rings (SSSR count). The van der Waals surface area contributed by atoms with Crippen LogP contribution in [-0.4, -0.2) is 59.7 Å². The molecule has 208 valence electrons. The Bertz CT molecular complexity index is 1170. The molecule has 0 heterocycles. The first-order valence-electron chi connectivity index (χ1n) is 12.1. The molecular formula is C25H32N8O6. The van der Waals surface area contributed by atoms with Crippen molar-refractivity contribution in [3.05, 3.63) is 70.3 Å². The number of benzene rings is 2. The highest BCUT2D eigenvalue weighted by molar-refractivity contribution is 5.98. The van der Waals surface area contributed by atoms with Crippen LogP contribution in [0.1, 0.15) is 25.3 Å². The summed E-state index contributed by atoms with van der Waals surface area (Å²) in [6.07, 6.45) is 0.992. The van der Waals surface area contributed by atoms with Crippen LogP contribution in [0, 0.1) is 10.1 Å². The molecule has 0 saturated heterocycles. The summed E-state index contributed by atoms with van der Waals surface area (Å²) in [7, 11) is 0. The molecule has 0 radical (unpaired) electrons. The Kier molecular flexibility index (Phi) is 11.8. The topological polar surface area (TPSA) is 224 Å². The number of nitro groups is 1. The summed E-state index contributed by atoms with van der Waals surface area (Å²) in [6.45, 7) is 1.67. The van der Waals surface area contributed by atoms with E-state index in [0.717, 1.165) is 5.56 Å². The first kappa shape index (κ1) is 30.2. The molecule has 0 aromatic heterocycles. The molecular weight excluding hydrogens is 508 g/mol. The number of nitro benzene ring substituents is 1. The molecule has 39 heavy (non-hydrogen) atoms. The maximum atomic E-state index is 13.4. The van der Waals surface area contributed by atoms with Crippen molar-refractivity contribution in [3.8, 4) is 0 Å². The number of carbonyl (C=O) groups excluding carboxylic acids is 4. The quantitative estimate of drug-likeness (QED) is 0.0447. The second-order valence-electron chi connectivity index (χ2n) is 8.56. The summed E-state index contributed by atoms with van der Waals surface area (Å²) in [4.78, 5) is 64.0. The van der Waals surface area contributed by atoms with E-state index in [1.807, 2.05) is 6.07 Å². The Labute approximate surface area is 224 Å². The minimum atomic E-state index is -1.07. The van der Waals surface area contributed by atoms with Gasteiger partial charge in [0.1, 0.15) is 18.1 Å². The largest absolute Gasteiger partial charge is 0.370 e. The van der Waals surface area contributed by atoms with Crippen LogP contribution < -0.4 is 32.7 Å². The molecule has 0 bridgehead atoms. The van der Waals surface area contributed by atoms with Gasteiger partial charge in [-0.3, -0.25) is 34.3 Å². The molecule has 0 aliphatic heterocycles. The molecule has 0 fully saturated rings. The summed E-state index contributed by atoms with van der Waals surface area (Å²) < 4.78 is 0. The molecule has 14 nitrogen and oxygen atoms in total. The lowest BCUT2D eigenvalue weighted by atomic mass is 10.0. The second-order valence-corrected chi connectivity index (χ2v) is 8.56. The first-order chi connectivity index (χ1) is 18.6. The number of hydrogen-bond donors (Lipinski definition) is 6. The zero-order valence-corrected chi connectivity index (χ0v) is 21.3. The average Bonchev–Trinajstić information content (AvgIpc) is 2.90. The van der Waals surface area contributed by atoms with E-state index in [0.29, 0.717) is 12.8 Å². The summed E-state index contributed by atoms with van der Waals surface area (Å²) in [5, 5.41) is 21.2. The number of nitrogens with two attached hydrogens (primary N) is 2. The van der Waals surface area contributed by atoms with Gasteiger partial charge in [0.15, 0.2) is 5.96 Å². The van der Waals surface area contributed by atoms with Crippen molar-refractivity contribution >= 4 is 41.5 Å². The molecule has 4 amide bonds. The van der Waals surface area contributed by atoms with Crippen molar-refractivity contribution in [1.82, 2.24) is 16.0 Å². The van der Waals surface area contributed by atoms with Crippen molar-refractivity contribution in [2.45, 2.75) is 44.3 Å². The van der Waals surface area contributed by atoms with Crippen molar-refractivity contribution in [1.29, 1.82) is 0 Å². The van der Waals surface area contributed by atoms with E-state index in [1.54, 1.807) is 24.3 Å². The number of rotatable bonds is 15. The van der Waals surface area contributed by atoms with Gasteiger partial charge in [0.25, 0.3) is 5.69 Å². The van der Waals surface area contributed by atoms with Crippen LogP contribution in [0.4, 0.5) is 11.4 Å². The van der Waals surface area contributed by atoms with Gasteiger partial charge in [-0.1, -0.05) is 30.3 Å². The molecule has 0 saturated carbocycles. The van der Waals surface area contributed by atoms with E-state index in [4.69, 9.17) is 11.5 Å². The number of carbonyl (C=O) groups is 4. The third-order valence-corrected chi connectivity index (χ3v) is 5.55. The van der Waals surface area contributed by atoms with Crippen LogP contribution in [0.3, 0.4) is 0 Å². The van der Waals surface area contributed by atoms with Gasteiger partial charge in [-0.05, 0) is 37.5 Å². The number of nitrogens with zero attached hydrogens (tertiary/aromatic N) is 2. The van der Waals surface area contributed by atoms with Crippen molar-refractivity contribution in [2.24, 2.45) is 16.5 Å². The zero-order chi connectivity index (χ0) is 28.8. The number of hydrogen-bond acceptors (Lipinski definition) is 7. The van der Waals surface area contributed by atoms with Crippen molar-refractivity contribution < 1.29 is 24.1 Å². The Morgan fingerprint density at radius 3 is 2.21 bits per heavy atom. The molecule has 14 heteroatoms. The predicted octanol–water partition coefficient (Wildman–Crippen LogP) is -0.0663. The smallest absolute Gasteiger partial charge is 0.269 e. The molecule has 0 aliphatic rings. The summed E-state index contributed by atoms with van der Waals surface area (Å²) in [6, 6.07) is 11.1. The van der Waals surface area contributed by atoms with E-state index in [1.165, 1.54) is 31.2 Å². The number of aliphatic imine (C=N–C) groups is 1. The minimum Gasteiger partial charge on any atom is -0.370 e. The Morgan fingerprint density at radius 1 is 0.974 bits per heavy atom.